The molecule has 28 heavy (non-hydrogen) atoms. The van der Waals surface area contributed by atoms with Crippen molar-refractivity contribution in [2.45, 2.75) is 38.1 Å². The van der Waals surface area contributed by atoms with E-state index >= 15 is 0 Å². The Labute approximate surface area is 164 Å². The summed E-state index contributed by atoms with van der Waals surface area (Å²) in [6.07, 6.45) is 5.44. The minimum absolute atomic E-state index is 0.00931. The number of carbonyl (C=O) groups is 1. The summed E-state index contributed by atoms with van der Waals surface area (Å²) in [5.41, 5.74) is 4.31. The van der Waals surface area contributed by atoms with Crippen LogP contribution in [0.2, 0.25) is 0 Å². The van der Waals surface area contributed by atoms with Crippen molar-refractivity contribution in [2.24, 2.45) is 5.92 Å². The van der Waals surface area contributed by atoms with Gasteiger partial charge in [-0.2, -0.15) is 0 Å². The number of anilines is 1. The average Bonchev–Trinajstić information content (AvgIpc) is 3.23. The van der Waals surface area contributed by atoms with E-state index in [1.165, 1.54) is 25.8 Å². The number of amides is 1. The maximum Gasteiger partial charge on any atom is 0.228 e. The molecule has 1 aromatic rings. The molecule has 146 valence electrons. The second-order valence-electron chi connectivity index (χ2n) is 8.17. The summed E-state index contributed by atoms with van der Waals surface area (Å²) >= 11 is 0. The van der Waals surface area contributed by atoms with Gasteiger partial charge in [-0.25, -0.2) is 0 Å². The van der Waals surface area contributed by atoms with Crippen LogP contribution in [0.4, 0.5) is 5.69 Å². The molecule has 0 unspecified atom stereocenters. The first kappa shape index (κ1) is 17.5. The molecule has 2 saturated heterocycles. The molecular weight excluding hydrogens is 354 g/mol. The Kier molecular flexibility index (Phi) is 3.56. The van der Waals surface area contributed by atoms with Gasteiger partial charge in [0.15, 0.2) is 11.5 Å². The van der Waals surface area contributed by atoms with Gasteiger partial charge in [-0.3, -0.25) is 14.6 Å². The Morgan fingerprint density at radius 1 is 1.43 bits per heavy atom. The molecule has 6 nitrogen and oxygen atoms in total. The summed E-state index contributed by atoms with van der Waals surface area (Å²) in [5.74, 6) is 0.390. The highest BCUT2D eigenvalue weighted by Crippen LogP contribution is 2.65. The Morgan fingerprint density at radius 3 is 2.86 bits per heavy atom. The zero-order valence-electron chi connectivity index (χ0n) is 16.5. The highest BCUT2D eigenvalue weighted by Gasteiger charge is 2.64. The lowest BCUT2D eigenvalue weighted by molar-refractivity contribution is -0.116. The standard InChI is InChI=1S/C22H25N3O3/c1-4-13-11-24-8-7-22-16-5-6-17(28-3)20(27)19(16)25(12(2)26)21(22)15(10-23)14(13)9-18(22)24/h4-6,10,14,18,23,27H,7-9,11H2,1-3H3/t14-,18-,22+/m0/s1. The Morgan fingerprint density at radius 2 is 2.21 bits per heavy atom. The molecule has 6 heteroatoms. The van der Waals surface area contributed by atoms with Gasteiger partial charge in [0.2, 0.25) is 5.91 Å². The van der Waals surface area contributed by atoms with E-state index in [1.807, 2.05) is 6.07 Å². The minimum Gasteiger partial charge on any atom is -0.503 e. The van der Waals surface area contributed by atoms with Crippen LogP contribution in [0.15, 0.2) is 35.1 Å². The fraction of sp³-hybridized carbons (Fsp3) is 0.455. The van der Waals surface area contributed by atoms with Gasteiger partial charge in [0.25, 0.3) is 0 Å². The second kappa shape index (κ2) is 5.70. The molecule has 2 fully saturated rings. The summed E-state index contributed by atoms with van der Waals surface area (Å²) in [6, 6.07) is 4.08. The third kappa shape index (κ3) is 1.82. The van der Waals surface area contributed by atoms with Crippen LogP contribution in [-0.4, -0.2) is 48.4 Å². The molecule has 4 aliphatic rings. The Bertz CT molecular complexity index is 979. The highest BCUT2D eigenvalue weighted by molar-refractivity contribution is 6.04. The van der Waals surface area contributed by atoms with E-state index in [1.54, 1.807) is 11.0 Å². The zero-order valence-corrected chi connectivity index (χ0v) is 16.5. The van der Waals surface area contributed by atoms with E-state index in [0.717, 1.165) is 42.8 Å². The summed E-state index contributed by atoms with van der Waals surface area (Å²) in [7, 11) is 1.52. The zero-order chi connectivity index (χ0) is 19.8. The summed E-state index contributed by atoms with van der Waals surface area (Å²) in [4.78, 5) is 17.0. The fourth-order valence-corrected chi connectivity index (χ4v) is 6.21. The number of carbonyl (C=O) groups excluding carboxylic acids is 1. The van der Waals surface area contributed by atoms with Crippen LogP contribution >= 0.6 is 0 Å². The van der Waals surface area contributed by atoms with Crippen LogP contribution in [0.3, 0.4) is 0 Å². The number of nitrogens with one attached hydrogen (secondary N) is 1. The molecule has 1 aliphatic carbocycles. The van der Waals surface area contributed by atoms with Gasteiger partial charge in [-0.05, 0) is 37.0 Å². The van der Waals surface area contributed by atoms with Crippen molar-refractivity contribution in [2.75, 3.05) is 25.1 Å². The quantitative estimate of drug-likeness (QED) is 0.612. The molecule has 3 aliphatic heterocycles. The lowest BCUT2D eigenvalue weighted by Gasteiger charge is -2.49. The van der Waals surface area contributed by atoms with Gasteiger partial charge in [0.1, 0.15) is 0 Å². The number of methoxy groups -OCH3 is 1. The van der Waals surface area contributed by atoms with Crippen LogP contribution in [-0.2, 0) is 10.2 Å². The summed E-state index contributed by atoms with van der Waals surface area (Å²) < 4.78 is 5.33. The number of benzene rings is 1. The van der Waals surface area contributed by atoms with Gasteiger partial charge >= 0.3 is 0 Å². The monoisotopic (exact) mass is 379 g/mol. The first-order valence-corrected chi connectivity index (χ1v) is 9.85. The number of piperidine rings is 1. The molecule has 2 bridgehead atoms. The van der Waals surface area contributed by atoms with Gasteiger partial charge < -0.3 is 15.3 Å². The molecule has 0 saturated carbocycles. The summed E-state index contributed by atoms with van der Waals surface area (Å²) in [6.45, 7) is 5.45. The smallest absolute Gasteiger partial charge is 0.228 e. The normalized spacial score (nSPS) is 31.8. The van der Waals surface area contributed by atoms with E-state index in [-0.39, 0.29) is 29.0 Å². The number of phenolic OH excluding ortho intramolecular Hbond substituents is 1. The van der Waals surface area contributed by atoms with Gasteiger partial charge in [-0.15, -0.1) is 0 Å². The highest BCUT2D eigenvalue weighted by atomic mass is 16.5. The number of phenols is 1. The number of fused-ring (bicyclic) bond motifs is 2. The third-order valence-electron chi connectivity index (χ3n) is 7.27. The van der Waals surface area contributed by atoms with E-state index in [9.17, 15) is 9.90 Å². The van der Waals surface area contributed by atoms with Crippen LogP contribution in [0.5, 0.6) is 11.5 Å². The molecular formula is C22H25N3O3. The van der Waals surface area contributed by atoms with Gasteiger partial charge in [0, 0.05) is 43.9 Å². The number of hydrogen-bond acceptors (Lipinski definition) is 5. The molecule has 1 spiro atoms. The van der Waals surface area contributed by atoms with E-state index in [2.05, 4.69) is 17.9 Å². The number of rotatable bonds is 2. The van der Waals surface area contributed by atoms with E-state index < -0.39 is 0 Å². The second-order valence-corrected chi connectivity index (χ2v) is 8.17. The first-order valence-electron chi connectivity index (χ1n) is 9.85. The molecule has 5 rings (SSSR count). The van der Waals surface area contributed by atoms with Crippen molar-refractivity contribution in [3.8, 4) is 11.5 Å². The van der Waals surface area contributed by atoms with Crippen LogP contribution in [0.25, 0.3) is 0 Å². The maximum absolute atomic E-state index is 12.9. The van der Waals surface area contributed by atoms with Crippen molar-refractivity contribution in [1.82, 2.24) is 4.90 Å². The predicted molar refractivity (Wildman–Crippen MR) is 107 cm³/mol. The average molecular weight is 379 g/mol. The number of allylic oxidation sites excluding steroid dienone is 2. The van der Waals surface area contributed by atoms with Crippen LogP contribution < -0.4 is 9.64 Å². The largest absolute Gasteiger partial charge is 0.503 e. The molecule has 1 aromatic carbocycles. The number of ether oxygens (including phenoxy) is 1. The molecule has 0 radical (unpaired) electrons. The Hall–Kier alpha value is -2.60. The van der Waals surface area contributed by atoms with Crippen molar-refractivity contribution in [3.05, 3.63) is 40.6 Å². The minimum atomic E-state index is -0.354. The van der Waals surface area contributed by atoms with Crippen LogP contribution in [0.1, 0.15) is 32.3 Å². The number of aromatic hydroxyl groups is 1. The van der Waals surface area contributed by atoms with Crippen molar-refractivity contribution >= 4 is 17.8 Å². The van der Waals surface area contributed by atoms with Crippen molar-refractivity contribution < 1.29 is 14.6 Å². The van der Waals surface area contributed by atoms with E-state index in [0.29, 0.717) is 11.4 Å². The lowest BCUT2D eigenvalue weighted by Crippen LogP contribution is -2.54. The molecule has 2 N–H and O–H groups in total. The number of hydrogen-bond donors (Lipinski definition) is 2. The van der Waals surface area contributed by atoms with Crippen LogP contribution in [0, 0.1) is 11.3 Å². The Balaban J connectivity index is 1.89. The predicted octanol–water partition coefficient (Wildman–Crippen LogP) is 2.96. The molecule has 0 aromatic heterocycles. The fourth-order valence-electron chi connectivity index (χ4n) is 6.21. The van der Waals surface area contributed by atoms with Gasteiger partial charge in [-0.1, -0.05) is 17.7 Å². The SMILES string of the molecule is CC=C1CN2CC[C@]34C(=C(C=N)[C@H]1C[C@H]23)N(C(C)=O)c1c4ccc(OC)c1O. The maximum atomic E-state index is 12.9. The van der Waals surface area contributed by atoms with Crippen molar-refractivity contribution in [3.63, 3.8) is 0 Å². The van der Waals surface area contributed by atoms with Gasteiger partial charge in [0.05, 0.1) is 18.2 Å². The third-order valence-corrected chi connectivity index (χ3v) is 7.27. The molecule has 3 atom stereocenters. The first-order chi connectivity index (χ1) is 13.5. The van der Waals surface area contributed by atoms with E-state index in [4.69, 9.17) is 10.1 Å². The topological polar surface area (TPSA) is 76.9 Å². The molecule has 3 heterocycles. The molecule has 1 amide bonds. The van der Waals surface area contributed by atoms with Crippen molar-refractivity contribution in [1.29, 1.82) is 5.41 Å². The lowest BCUT2D eigenvalue weighted by atomic mass is 9.62. The number of nitrogens with zero attached hydrogens (tertiary/aromatic N) is 2. The summed E-state index contributed by atoms with van der Waals surface area (Å²) in [5, 5.41) is 19.2.